The van der Waals surface area contributed by atoms with Crippen molar-refractivity contribution in [2.75, 3.05) is 56.7 Å². The molecular weight excluding hydrogens is 254 g/mol. The molecule has 1 aliphatic heterocycles. The smallest absolute Gasteiger partial charge is 0.227 e. The summed E-state index contributed by atoms with van der Waals surface area (Å²) in [4.78, 5) is 13.4. The Morgan fingerprint density at radius 3 is 2.90 bits per heavy atom. The van der Waals surface area contributed by atoms with Gasteiger partial charge in [0.2, 0.25) is 5.95 Å². The summed E-state index contributed by atoms with van der Waals surface area (Å²) >= 11 is 0. The van der Waals surface area contributed by atoms with Gasteiger partial charge >= 0.3 is 0 Å². The lowest BCUT2D eigenvalue weighted by Gasteiger charge is -2.34. The van der Waals surface area contributed by atoms with Crippen molar-refractivity contribution in [2.45, 2.75) is 19.9 Å². The minimum absolute atomic E-state index is 0.468. The summed E-state index contributed by atoms with van der Waals surface area (Å²) in [6, 6.07) is 2.36. The van der Waals surface area contributed by atoms with Crippen LogP contribution in [0.1, 0.15) is 13.8 Å². The molecule has 1 fully saturated rings. The zero-order valence-corrected chi connectivity index (χ0v) is 12.7. The highest BCUT2D eigenvalue weighted by molar-refractivity contribution is 5.40. The van der Waals surface area contributed by atoms with Crippen molar-refractivity contribution >= 4 is 11.8 Å². The van der Waals surface area contributed by atoms with Crippen LogP contribution in [0, 0.1) is 0 Å². The first kappa shape index (κ1) is 15.0. The van der Waals surface area contributed by atoms with Crippen molar-refractivity contribution in [3.05, 3.63) is 12.3 Å². The lowest BCUT2D eigenvalue weighted by molar-refractivity contribution is 0.0217. The Bertz CT molecular complexity index is 408. The molecule has 0 unspecified atom stereocenters. The molecule has 2 rings (SSSR count). The first-order chi connectivity index (χ1) is 9.70. The Morgan fingerprint density at radius 2 is 2.20 bits per heavy atom. The third kappa shape index (κ3) is 4.05. The number of rotatable bonds is 6. The van der Waals surface area contributed by atoms with Gasteiger partial charge < -0.3 is 15.0 Å². The highest BCUT2D eigenvalue weighted by Crippen LogP contribution is 2.12. The first-order valence-electron chi connectivity index (χ1n) is 7.30. The first-order valence-corrected chi connectivity index (χ1v) is 7.30. The number of ether oxygens (including phenoxy) is 1. The van der Waals surface area contributed by atoms with Crippen molar-refractivity contribution in [3.63, 3.8) is 0 Å². The summed E-state index contributed by atoms with van der Waals surface area (Å²) in [6.45, 7) is 9.77. The number of hydrogen-bond donors (Lipinski definition) is 1. The topological polar surface area (TPSA) is 53.5 Å². The van der Waals surface area contributed by atoms with Crippen LogP contribution in [0.5, 0.6) is 0 Å². The summed E-state index contributed by atoms with van der Waals surface area (Å²) in [6.07, 6.45) is 1.80. The maximum atomic E-state index is 5.39. The van der Waals surface area contributed by atoms with Gasteiger partial charge in [0.1, 0.15) is 5.82 Å². The van der Waals surface area contributed by atoms with Crippen LogP contribution in [0.25, 0.3) is 0 Å². The fraction of sp³-hybridized carbons (Fsp3) is 0.714. The minimum Gasteiger partial charge on any atom is -0.379 e. The second kappa shape index (κ2) is 7.40. The van der Waals surface area contributed by atoms with E-state index in [2.05, 4.69) is 38.9 Å². The zero-order chi connectivity index (χ0) is 14.4. The van der Waals surface area contributed by atoms with Gasteiger partial charge in [-0.25, -0.2) is 4.98 Å². The lowest BCUT2D eigenvalue weighted by Crippen LogP contribution is -2.47. The van der Waals surface area contributed by atoms with Crippen LogP contribution in [0.3, 0.4) is 0 Å². The second-order valence-electron chi connectivity index (χ2n) is 5.15. The summed E-state index contributed by atoms with van der Waals surface area (Å²) in [5, 5.41) is 3.21. The van der Waals surface area contributed by atoms with Gasteiger partial charge in [-0.1, -0.05) is 0 Å². The Labute approximate surface area is 121 Å². The van der Waals surface area contributed by atoms with Gasteiger partial charge in [-0.2, -0.15) is 4.98 Å². The third-order valence-corrected chi connectivity index (χ3v) is 3.55. The largest absolute Gasteiger partial charge is 0.379 e. The van der Waals surface area contributed by atoms with E-state index in [1.54, 1.807) is 6.20 Å². The lowest BCUT2D eigenvalue weighted by atomic mass is 10.2. The van der Waals surface area contributed by atoms with Crippen LogP contribution in [0.4, 0.5) is 11.8 Å². The van der Waals surface area contributed by atoms with Crippen molar-refractivity contribution in [2.24, 2.45) is 0 Å². The molecule has 1 aliphatic rings. The quantitative estimate of drug-likeness (QED) is 0.840. The van der Waals surface area contributed by atoms with E-state index >= 15 is 0 Å². The Morgan fingerprint density at radius 1 is 1.45 bits per heavy atom. The van der Waals surface area contributed by atoms with E-state index in [1.807, 2.05) is 13.1 Å². The van der Waals surface area contributed by atoms with E-state index in [1.165, 1.54) is 0 Å². The van der Waals surface area contributed by atoms with E-state index in [4.69, 9.17) is 4.74 Å². The highest BCUT2D eigenvalue weighted by atomic mass is 16.5. The minimum atomic E-state index is 0.468. The number of aromatic nitrogens is 2. The molecule has 1 N–H and O–H groups in total. The molecule has 0 radical (unpaired) electrons. The van der Waals surface area contributed by atoms with Gasteiger partial charge in [-0.05, 0) is 19.9 Å². The number of likely N-dealkylation sites (N-methyl/N-ethyl adjacent to an activating group) is 1. The predicted molar refractivity (Wildman–Crippen MR) is 81.3 cm³/mol. The van der Waals surface area contributed by atoms with E-state index in [0.717, 1.165) is 51.2 Å². The average molecular weight is 279 g/mol. The molecule has 112 valence electrons. The second-order valence-corrected chi connectivity index (χ2v) is 5.15. The molecule has 0 amide bonds. The molecule has 6 heteroatoms. The molecule has 0 saturated carbocycles. The Hall–Kier alpha value is -1.40. The normalized spacial score (nSPS) is 17.8. The molecule has 1 aromatic rings. The summed E-state index contributed by atoms with van der Waals surface area (Å²) in [5.41, 5.74) is 0. The van der Waals surface area contributed by atoms with Gasteiger partial charge in [0.15, 0.2) is 0 Å². The molecule has 0 aromatic carbocycles. The van der Waals surface area contributed by atoms with Gasteiger partial charge in [0, 0.05) is 45.5 Å². The van der Waals surface area contributed by atoms with Gasteiger partial charge in [-0.15, -0.1) is 0 Å². The monoisotopic (exact) mass is 279 g/mol. The molecule has 0 bridgehead atoms. The predicted octanol–water partition coefficient (Wildman–Crippen LogP) is 1.07. The Balaban J connectivity index is 1.92. The highest BCUT2D eigenvalue weighted by Gasteiger charge is 2.19. The number of nitrogens with zero attached hydrogens (tertiary/aromatic N) is 4. The molecule has 1 aromatic heterocycles. The molecule has 1 saturated heterocycles. The molecule has 0 aliphatic carbocycles. The van der Waals surface area contributed by atoms with Crippen LogP contribution in [-0.4, -0.2) is 67.4 Å². The van der Waals surface area contributed by atoms with Crippen LogP contribution < -0.4 is 10.2 Å². The number of morpholine rings is 1. The van der Waals surface area contributed by atoms with Crippen LogP contribution in [-0.2, 0) is 4.74 Å². The summed E-state index contributed by atoms with van der Waals surface area (Å²) < 4.78 is 5.39. The average Bonchev–Trinajstić information content (AvgIpc) is 2.48. The van der Waals surface area contributed by atoms with Crippen molar-refractivity contribution in [1.82, 2.24) is 14.9 Å². The van der Waals surface area contributed by atoms with E-state index in [0.29, 0.717) is 6.04 Å². The molecular formula is C14H25N5O. The standard InChI is InChI=1S/C14H25N5O/c1-4-15-13-5-6-16-14(17-13)18(3)11-12(2)19-7-9-20-10-8-19/h5-6,12H,4,7-11H2,1-3H3,(H,15,16,17)/t12-/m1/s1. The molecule has 6 nitrogen and oxygen atoms in total. The zero-order valence-electron chi connectivity index (χ0n) is 12.7. The number of anilines is 2. The fourth-order valence-electron chi connectivity index (χ4n) is 2.42. The third-order valence-electron chi connectivity index (χ3n) is 3.55. The van der Waals surface area contributed by atoms with Crippen LogP contribution >= 0.6 is 0 Å². The van der Waals surface area contributed by atoms with Crippen LogP contribution in [0.15, 0.2) is 12.3 Å². The maximum Gasteiger partial charge on any atom is 0.227 e. The van der Waals surface area contributed by atoms with Gasteiger partial charge in [0.05, 0.1) is 13.2 Å². The van der Waals surface area contributed by atoms with Crippen molar-refractivity contribution < 1.29 is 4.74 Å². The van der Waals surface area contributed by atoms with Crippen molar-refractivity contribution in [1.29, 1.82) is 0 Å². The van der Waals surface area contributed by atoms with Crippen molar-refractivity contribution in [3.8, 4) is 0 Å². The van der Waals surface area contributed by atoms with E-state index in [9.17, 15) is 0 Å². The van der Waals surface area contributed by atoms with Gasteiger partial charge in [0.25, 0.3) is 0 Å². The molecule has 0 spiro atoms. The van der Waals surface area contributed by atoms with Crippen LogP contribution in [0.2, 0.25) is 0 Å². The Kier molecular flexibility index (Phi) is 5.55. The molecule has 2 heterocycles. The fourth-order valence-corrected chi connectivity index (χ4v) is 2.42. The SMILES string of the molecule is CCNc1ccnc(N(C)C[C@@H](C)N2CCOCC2)n1. The van der Waals surface area contributed by atoms with E-state index in [-0.39, 0.29) is 0 Å². The molecule has 1 atom stereocenters. The van der Waals surface area contributed by atoms with Gasteiger partial charge in [-0.3, -0.25) is 4.90 Å². The van der Waals surface area contributed by atoms with E-state index < -0.39 is 0 Å². The summed E-state index contributed by atoms with van der Waals surface area (Å²) in [7, 11) is 2.04. The molecule has 20 heavy (non-hydrogen) atoms. The maximum absolute atomic E-state index is 5.39. The number of nitrogens with one attached hydrogen (secondary N) is 1. The number of hydrogen-bond acceptors (Lipinski definition) is 6. The summed E-state index contributed by atoms with van der Waals surface area (Å²) in [5.74, 6) is 1.65.